The second-order valence-electron chi connectivity index (χ2n) is 9.01. The number of hydrogen-bond donors (Lipinski definition) is 4. The van der Waals surface area contributed by atoms with Crippen LogP contribution >= 0.6 is 0 Å². The molecular formula is C24H30N6O4. The number of rotatable bonds is 8. The molecule has 1 aliphatic heterocycles. The molecule has 0 saturated heterocycles. The van der Waals surface area contributed by atoms with E-state index in [1.807, 2.05) is 31.2 Å². The van der Waals surface area contributed by atoms with E-state index in [9.17, 15) is 14.9 Å². The minimum Gasteiger partial charge on any atom is -0.444 e. The van der Waals surface area contributed by atoms with Gasteiger partial charge in [0.05, 0.1) is 18.2 Å². The van der Waals surface area contributed by atoms with Gasteiger partial charge in [-0.15, -0.1) is 0 Å². The molecule has 2 amide bonds. The van der Waals surface area contributed by atoms with Crippen LogP contribution in [0.15, 0.2) is 24.3 Å². The monoisotopic (exact) mass is 466 g/mol. The van der Waals surface area contributed by atoms with Gasteiger partial charge in [0.1, 0.15) is 28.9 Å². The summed E-state index contributed by atoms with van der Waals surface area (Å²) in [4.78, 5) is 29.3. The third-order valence-electron chi connectivity index (χ3n) is 4.95. The van der Waals surface area contributed by atoms with Crippen molar-refractivity contribution in [3.63, 3.8) is 0 Å². The summed E-state index contributed by atoms with van der Waals surface area (Å²) in [5.41, 5.74) is 2.38. The first-order valence-electron chi connectivity index (χ1n) is 10.9. The fourth-order valence-corrected chi connectivity index (χ4v) is 3.56. The van der Waals surface area contributed by atoms with Crippen molar-refractivity contribution in [1.82, 2.24) is 15.6 Å². The molecule has 0 saturated carbocycles. The van der Waals surface area contributed by atoms with E-state index in [2.05, 4.69) is 32.3 Å². The molecule has 0 bridgehead atoms. The second-order valence-corrected chi connectivity index (χ2v) is 9.01. The maximum absolute atomic E-state index is 12.5. The summed E-state index contributed by atoms with van der Waals surface area (Å²) in [6, 6.07) is 9.38. The lowest BCUT2D eigenvalue weighted by Crippen LogP contribution is -2.45. The van der Waals surface area contributed by atoms with Crippen molar-refractivity contribution in [2.45, 2.75) is 45.9 Å². The molecule has 10 nitrogen and oxygen atoms in total. The highest BCUT2D eigenvalue weighted by Crippen LogP contribution is 2.32. The van der Waals surface area contributed by atoms with Crippen LogP contribution in [0.1, 0.15) is 47.8 Å². The SMILES string of the molecule is COCC(CNc1nc(Nc2cccc(C)c2)c2c(c1C#N)CNC2=O)NC(=O)OC(C)(C)C. The molecule has 1 atom stereocenters. The number of nitrogens with zero attached hydrogens (tertiary/aromatic N) is 2. The number of fused-ring (bicyclic) bond motifs is 1. The van der Waals surface area contributed by atoms with Crippen LogP contribution in [0.25, 0.3) is 0 Å². The number of nitrogens with one attached hydrogen (secondary N) is 4. The van der Waals surface area contributed by atoms with E-state index in [4.69, 9.17) is 9.47 Å². The number of hydrogen-bond acceptors (Lipinski definition) is 8. The number of ether oxygens (including phenoxy) is 2. The average Bonchev–Trinajstić information content (AvgIpc) is 3.12. The standard InChI is InChI=1S/C24H30N6O4/c1-14-7-6-8-15(9-14)28-21-19-18(12-27-22(19)31)17(10-25)20(30-21)26-11-16(13-33-5)29-23(32)34-24(2,3)4/h6-9,16H,11-13H2,1-5H3,(H,27,31)(H,29,32)(H2,26,28,30). The van der Waals surface area contributed by atoms with Crippen LogP contribution in [0, 0.1) is 18.3 Å². The van der Waals surface area contributed by atoms with Crippen molar-refractivity contribution in [3.8, 4) is 6.07 Å². The summed E-state index contributed by atoms with van der Waals surface area (Å²) in [6.07, 6.45) is -0.574. The summed E-state index contributed by atoms with van der Waals surface area (Å²) in [7, 11) is 1.53. The van der Waals surface area contributed by atoms with E-state index in [0.717, 1.165) is 11.3 Å². The molecule has 0 fully saturated rings. The molecule has 0 aliphatic carbocycles. The number of anilines is 3. The van der Waals surface area contributed by atoms with Crippen LogP contribution < -0.4 is 21.3 Å². The number of aromatic nitrogens is 1. The van der Waals surface area contributed by atoms with Crippen molar-refractivity contribution in [1.29, 1.82) is 5.26 Å². The Balaban J connectivity index is 1.87. The second kappa shape index (κ2) is 10.4. The van der Waals surface area contributed by atoms with Crippen LogP contribution in [0.5, 0.6) is 0 Å². The number of carbonyl (C=O) groups excluding carboxylic acids is 2. The highest BCUT2D eigenvalue weighted by molar-refractivity contribution is 6.04. The average molecular weight is 467 g/mol. The Morgan fingerprint density at radius 1 is 1.32 bits per heavy atom. The zero-order valence-electron chi connectivity index (χ0n) is 20.0. The topological polar surface area (TPSA) is 137 Å². The molecule has 3 rings (SSSR count). The van der Waals surface area contributed by atoms with E-state index >= 15 is 0 Å². The van der Waals surface area contributed by atoms with E-state index < -0.39 is 17.7 Å². The number of amides is 2. The first-order chi connectivity index (χ1) is 16.1. The Morgan fingerprint density at radius 2 is 2.09 bits per heavy atom. The third-order valence-corrected chi connectivity index (χ3v) is 4.95. The quantitative estimate of drug-likeness (QED) is 0.465. The summed E-state index contributed by atoms with van der Waals surface area (Å²) in [5.74, 6) is 0.366. The van der Waals surface area contributed by atoms with Gasteiger partial charge in [-0.05, 0) is 45.4 Å². The Kier molecular flexibility index (Phi) is 7.58. The van der Waals surface area contributed by atoms with Gasteiger partial charge in [-0.25, -0.2) is 9.78 Å². The molecule has 10 heteroatoms. The van der Waals surface area contributed by atoms with Gasteiger partial charge in [0.15, 0.2) is 0 Å². The fourth-order valence-electron chi connectivity index (χ4n) is 3.56. The largest absolute Gasteiger partial charge is 0.444 e. The van der Waals surface area contributed by atoms with Gasteiger partial charge >= 0.3 is 6.09 Å². The predicted molar refractivity (Wildman–Crippen MR) is 128 cm³/mol. The van der Waals surface area contributed by atoms with Gasteiger partial charge in [0.25, 0.3) is 5.91 Å². The zero-order valence-corrected chi connectivity index (χ0v) is 20.0. The first kappa shape index (κ1) is 24.8. The van der Waals surface area contributed by atoms with Gasteiger partial charge in [-0.1, -0.05) is 12.1 Å². The fraction of sp³-hybridized carbons (Fsp3) is 0.417. The summed E-state index contributed by atoms with van der Waals surface area (Å²) < 4.78 is 10.5. The number of alkyl carbamates (subject to hydrolysis) is 1. The predicted octanol–water partition coefficient (Wildman–Crippen LogP) is 3.20. The van der Waals surface area contributed by atoms with Crippen molar-refractivity contribution in [2.75, 3.05) is 30.9 Å². The normalized spacial score (nSPS) is 13.4. The van der Waals surface area contributed by atoms with Crippen molar-refractivity contribution < 1.29 is 19.1 Å². The molecule has 4 N–H and O–H groups in total. The number of methoxy groups -OCH3 is 1. The molecule has 180 valence electrons. The number of nitriles is 1. The van der Waals surface area contributed by atoms with Gasteiger partial charge < -0.3 is 30.7 Å². The third kappa shape index (κ3) is 6.14. The lowest BCUT2D eigenvalue weighted by atomic mass is 10.0. The lowest BCUT2D eigenvalue weighted by Gasteiger charge is -2.24. The van der Waals surface area contributed by atoms with E-state index in [1.54, 1.807) is 20.8 Å². The van der Waals surface area contributed by atoms with E-state index in [1.165, 1.54) is 7.11 Å². The minimum absolute atomic E-state index is 0.216. The molecule has 1 aromatic carbocycles. The number of carbonyl (C=O) groups is 2. The Bertz CT molecular complexity index is 1120. The Hall–Kier alpha value is -3.84. The van der Waals surface area contributed by atoms with E-state index in [0.29, 0.717) is 22.8 Å². The molecule has 0 spiro atoms. The molecule has 2 heterocycles. The van der Waals surface area contributed by atoms with Crippen LogP contribution in [-0.4, -0.2) is 48.9 Å². The maximum atomic E-state index is 12.5. The number of benzene rings is 1. The Labute approximate surface area is 199 Å². The van der Waals surface area contributed by atoms with Crippen LogP contribution in [0.3, 0.4) is 0 Å². The van der Waals surface area contributed by atoms with Crippen molar-refractivity contribution in [3.05, 3.63) is 46.5 Å². The molecule has 34 heavy (non-hydrogen) atoms. The van der Waals surface area contributed by atoms with E-state index in [-0.39, 0.29) is 31.2 Å². The lowest BCUT2D eigenvalue weighted by molar-refractivity contribution is 0.0474. The van der Waals surface area contributed by atoms with Gasteiger partial charge in [0, 0.05) is 31.5 Å². The summed E-state index contributed by atoms with van der Waals surface area (Å²) in [6.45, 7) is 7.97. The van der Waals surface area contributed by atoms with Crippen LogP contribution in [0.2, 0.25) is 0 Å². The molecule has 1 unspecified atom stereocenters. The maximum Gasteiger partial charge on any atom is 0.408 e. The highest BCUT2D eigenvalue weighted by Gasteiger charge is 2.30. The minimum atomic E-state index is -0.638. The van der Waals surface area contributed by atoms with Crippen molar-refractivity contribution in [2.24, 2.45) is 0 Å². The summed E-state index contributed by atoms with van der Waals surface area (Å²) in [5, 5.41) is 21.7. The zero-order chi connectivity index (χ0) is 24.9. The Morgan fingerprint density at radius 3 is 2.74 bits per heavy atom. The molecular weight excluding hydrogens is 436 g/mol. The van der Waals surface area contributed by atoms with Crippen LogP contribution in [0.4, 0.5) is 22.1 Å². The van der Waals surface area contributed by atoms with Gasteiger partial charge in [-0.2, -0.15) is 5.26 Å². The smallest absolute Gasteiger partial charge is 0.408 e. The van der Waals surface area contributed by atoms with Crippen LogP contribution in [-0.2, 0) is 16.0 Å². The molecule has 1 aliphatic rings. The summed E-state index contributed by atoms with van der Waals surface area (Å²) >= 11 is 0. The van der Waals surface area contributed by atoms with Crippen molar-refractivity contribution >= 4 is 29.3 Å². The van der Waals surface area contributed by atoms with Gasteiger partial charge in [-0.3, -0.25) is 4.79 Å². The highest BCUT2D eigenvalue weighted by atomic mass is 16.6. The molecule has 1 aromatic heterocycles. The number of pyridine rings is 1. The number of aryl methyl sites for hydroxylation is 1. The van der Waals surface area contributed by atoms with Gasteiger partial charge in [0.2, 0.25) is 0 Å². The molecule has 0 radical (unpaired) electrons. The first-order valence-corrected chi connectivity index (χ1v) is 10.9. The molecule has 2 aromatic rings.